The van der Waals surface area contributed by atoms with Gasteiger partial charge in [-0.3, -0.25) is 15.0 Å². The molecular formula is C28H24ClFN8O5. The Morgan fingerprint density at radius 2 is 2.09 bits per heavy atom. The molecule has 2 aromatic heterocycles. The first-order valence-corrected chi connectivity index (χ1v) is 13.4. The highest BCUT2D eigenvalue weighted by molar-refractivity contribution is 6.32. The van der Waals surface area contributed by atoms with Gasteiger partial charge >= 0.3 is 6.01 Å². The Morgan fingerprint density at radius 1 is 1.23 bits per heavy atom. The highest BCUT2D eigenvalue weighted by atomic mass is 35.5. The molecule has 2 aromatic carbocycles. The number of aromatic nitrogens is 3. The average molecular weight is 607 g/mol. The lowest BCUT2D eigenvalue weighted by Crippen LogP contribution is -2.40. The zero-order valence-electron chi connectivity index (χ0n) is 22.5. The molecule has 0 unspecified atom stereocenters. The van der Waals surface area contributed by atoms with Gasteiger partial charge in [-0.05, 0) is 42.0 Å². The maximum Gasteiger partial charge on any atom is 0.345 e. The number of methoxy groups -OCH3 is 1. The molecule has 0 saturated carbocycles. The molecule has 2 aliphatic heterocycles. The lowest BCUT2D eigenvalue weighted by molar-refractivity contribution is -0.122. The molecule has 0 aliphatic carbocycles. The van der Waals surface area contributed by atoms with Crippen molar-refractivity contribution >= 4 is 34.9 Å². The van der Waals surface area contributed by atoms with Gasteiger partial charge in [0.25, 0.3) is 5.91 Å². The number of anilines is 2. The molecule has 4 N–H and O–H groups in total. The highest BCUT2D eigenvalue weighted by Gasteiger charge is 2.33. The second kappa shape index (κ2) is 11.7. The van der Waals surface area contributed by atoms with Crippen LogP contribution >= 0.6 is 11.6 Å². The molecule has 2 aliphatic rings. The number of carbonyl (C=O) groups is 2. The van der Waals surface area contributed by atoms with Gasteiger partial charge in [0.15, 0.2) is 0 Å². The molecule has 0 fully saturated rings. The topological polar surface area (TPSA) is 154 Å². The Bertz CT molecular complexity index is 1730. The zero-order chi connectivity index (χ0) is 30.1. The van der Waals surface area contributed by atoms with Gasteiger partial charge in [0.05, 0.1) is 48.9 Å². The first-order chi connectivity index (χ1) is 20.8. The van der Waals surface area contributed by atoms with E-state index in [0.717, 1.165) is 0 Å². The summed E-state index contributed by atoms with van der Waals surface area (Å²) in [5.74, 6) is -0.713. The molecule has 0 radical (unpaired) electrons. The largest absolute Gasteiger partial charge is 0.497 e. The lowest BCUT2D eigenvalue weighted by Gasteiger charge is -2.20. The van der Waals surface area contributed by atoms with Crippen molar-refractivity contribution in [2.24, 2.45) is 0 Å². The van der Waals surface area contributed by atoms with Gasteiger partial charge in [0.1, 0.15) is 18.1 Å². The molecule has 2 amide bonds. The minimum Gasteiger partial charge on any atom is -0.497 e. The number of halogens is 2. The van der Waals surface area contributed by atoms with E-state index in [1.165, 1.54) is 35.5 Å². The van der Waals surface area contributed by atoms with Crippen LogP contribution in [0.2, 0.25) is 5.02 Å². The van der Waals surface area contributed by atoms with Gasteiger partial charge in [-0.1, -0.05) is 28.9 Å². The summed E-state index contributed by atoms with van der Waals surface area (Å²) in [7, 11) is 1.51. The number of fused-ring (bicyclic) bond motifs is 2. The van der Waals surface area contributed by atoms with Crippen LogP contribution in [-0.2, 0) is 11.3 Å². The van der Waals surface area contributed by atoms with E-state index in [-0.39, 0.29) is 53.1 Å². The van der Waals surface area contributed by atoms with Crippen molar-refractivity contribution in [3.05, 3.63) is 88.5 Å². The number of hydrazine groups is 2. The third kappa shape index (κ3) is 5.58. The molecule has 15 heteroatoms. The van der Waals surface area contributed by atoms with Crippen LogP contribution in [0.15, 0.2) is 60.9 Å². The van der Waals surface area contributed by atoms with Gasteiger partial charge in [0, 0.05) is 22.9 Å². The van der Waals surface area contributed by atoms with E-state index in [4.69, 9.17) is 21.2 Å². The number of nitrogens with one attached hydrogen (secondary N) is 3. The standard InChI is InChI=1S/C28H24ClFN8O5/c1-42-17-5-2-4-15(8-17)23(14-39)33-24(40)13-37-12-19-18(27(37)41)9-16(10-21(19)30)25-20(29)11-32-28(34-25)43-38-26-22(35-36-38)6-3-7-31-26/h2-11,23,35-36,39H,12-14H2,1H3,(H,33,40)/t23-/m1/s1. The van der Waals surface area contributed by atoms with Crippen molar-refractivity contribution in [1.82, 2.24) is 30.7 Å². The second-order valence-electron chi connectivity index (χ2n) is 9.57. The smallest absolute Gasteiger partial charge is 0.345 e. The number of aliphatic hydroxyl groups is 1. The van der Waals surface area contributed by atoms with Crippen LogP contribution in [0.25, 0.3) is 11.3 Å². The number of amides is 2. The quantitative estimate of drug-likeness (QED) is 0.222. The SMILES string of the molecule is COc1cccc([C@@H](CO)NC(=O)CN2Cc3c(F)cc(-c4nc(ON5NNc6cccnc65)ncc4Cl)cc3C2=O)c1. The number of rotatable bonds is 9. The molecular weight excluding hydrogens is 583 g/mol. The van der Waals surface area contributed by atoms with Gasteiger partial charge in [-0.15, -0.1) is 5.53 Å². The monoisotopic (exact) mass is 606 g/mol. The molecule has 1 atom stereocenters. The van der Waals surface area contributed by atoms with Crippen LogP contribution in [0.4, 0.5) is 15.9 Å². The van der Waals surface area contributed by atoms with Crippen LogP contribution in [0.3, 0.4) is 0 Å². The van der Waals surface area contributed by atoms with E-state index in [1.807, 2.05) is 0 Å². The molecule has 220 valence electrons. The number of hydrogen-bond donors (Lipinski definition) is 4. The number of aliphatic hydroxyl groups excluding tert-OH is 1. The third-order valence-corrected chi connectivity index (χ3v) is 7.13. The Balaban J connectivity index is 1.18. The van der Waals surface area contributed by atoms with Crippen molar-refractivity contribution in [2.45, 2.75) is 12.6 Å². The Hall–Kier alpha value is -5.05. The second-order valence-corrected chi connectivity index (χ2v) is 9.98. The minimum atomic E-state index is -0.724. The summed E-state index contributed by atoms with van der Waals surface area (Å²) >= 11 is 6.36. The van der Waals surface area contributed by atoms with Gasteiger partial charge in [0.2, 0.25) is 11.7 Å². The molecule has 4 heterocycles. The summed E-state index contributed by atoms with van der Waals surface area (Å²) in [6.07, 6.45) is 2.88. The first-order valence-electron chi connectivity index (χ1n) is 13.0. The maximum atomic E-state index is 15.3. The fourth-order valence-electron chi connectivity index (χ4n) is 4.76. The van der Waals surface area contributed by atoms with E-state index < -0.39 is 23.7 Å². The van der Waals surface area contributed by atoms with Crippen LogP contribution in [0, 0.1) is 5.82 Å². The van der Waals surface area contributed by atoms with E-state index in [1.54, 1.807) is 42.6 Å². The normalized spacial score (nSPS) is 14.2. The number of nitrogens with zero attached hydrogens (tertiary/aromatic N) is 5. The molecule has 0 spiro atoms. The van der Waals surface area contributed by atoms with Crippen molar-refractivity contribution < 1.29 is 28.7 Å². The van der Waals surface area contributed by atoms with Crippen molar-refractivity contribution in [3.63, 3.8) is 0 Å². The number of pyridine rings is 1. The molecule has 0 bridgehead atoms. The first kappa shape index (κ1) is 28.1. The summed E-state index contributed by atoms with van der Waals surface area (Å²) in [6.45, 7) is -0.826. The van der Waals surface area contributed by atoms with Crippen LogP contribution in [0.1, 0.15) is 27.5 Å². The Kier molecular flexibility index (Phi) is 7.63. The summed E-state index contributed by atoms with van der Waals surface area (Å²) < 4.78 is 20.5. The molecule has 13 nitrogen and oxygen atoms in total. The number of benzene rings is 2. The third-order valence-electron chi connectivity index (χ3n) is 6.85. The summed E-state index contributed by atoms with van der Waals surface area (Å²) in [4.78, 5) is 45.7. The highest BCUT2D eigenvalue weighted by Crippen LogP contribution is 2.34. The predicted octanol–water partition coefficient (Wildman–Crippen LogP) is 2.79. The van der Waals surface area contributed by atoms with Crippen molar-refractivity contribution in [2.75, 3.05) is 30.9 Å². The average Bonchev–Trinajstić information content (AvgIpc) is 3.57. The lowest BCUT2D eigenvalue weighted by atomic mass is 10.0. The molecule has 6 rings (SSSR count). The predicted molar refractivity (Wildman–Crippen MR) is 152 cm³/mol. The van der Waals surface area contributed by atoms with E-state index in [2.05, 4.69) is 31.2 Å². The number of hydrogen-bond acceptors (Lipinski definition) is 11. The zero-order valence-corrected chi connectivity index (χ0v) is 23.3. The van der Waals surface area contributed by atoms with Gasteiger partial charge < -0.3 is 24.9 Å². The van der Waals surface area contributed by atoms with Crippen LogP contribution < -0.4 is 31.0 Å². The maximum absolute atomic E-state index is 15.3. The van der Waals surface area contributed by atoms with E-state index in [0.29, 0.717) is 22.8 Å². The van der Waals surface area contributed by atoms with Gasteiger partial charge in [-0.25, -0.2) is 14.4 Å². The Morgan fingerprint density at radius 3 is 2.91 bits per heavy atom. The number of ether oxygens (including phenoxy) is 1. The van der Waals surface area contributed by atoms with Crippen LogP contribution in [0.5, 0.6) is 11.8 Å². The molecule has 43 heavy (non-hydrogen) atoms. The minimum absolute atomic E-state index is 0.0787. The number of carbonyl (C=O) groups excluding carboxylic acids is 2. The summed E-state index contributed by atoms with van der Waals surface area (Å²) in [5, 5.41) is 13.9. The summed E-state index contributed by atoms with van der Waals surface area (Å²) in [6, 6.07) is 12.3. The van der Waals surface area contributed by atoms with Crippen molar-refractivity contribution in [3.8, 4) is 23.0 Å². The van der Waals surface area contributed by atoms with Gasteiger partial charge in [-0.2, -0.15) is 4.98 Å². The molecule has 4 aromatic rings. The summed E-state index contributed by atoms with van der Waals surface area (Å²) in [5.41, 5.74) is 7.52. The van der Waals surface area contributed by atoms with E-state index in [9.17, 15) is 14.7 Å². The van der Waals surface area contributed by atoms with Crippen LogP contribution in [-0.4, -0.2) is 57.0 Å². The van der Waals surface area contributed by atoms with Crippen molar-refractivity contribution in [1.29, 1.82) is 0 Å². The molecule has 0 saturated heterocycles. The van der Waals surface area contributed by atoms with E-state index >= 15 is 4.39 Å². The Labute approximate surface area is 249 Å². The fraction of sp³-hybridized carbons (Fsp3) is 0.179. The fourth-order valence-corrected chi connectivity index (χ4v) is 4.96.